The summed E-state index contributed by atoms with van der Waals surface area (Å²) < 4.78 is 5.49. The lowest BCUT2D eigenvalue weighted by Crippen LogP contribution is -2.28. The van der Waals surface area contributed by atoms with E-state index in [9.17, 15) is 0 Å². The molecule has 0 fully saturated rings. The maximum atomic E-state index is 5.49. The molecule has 0 aliphatic heterocycles. The Kier molecular flexibility index (Phi) is 6.04. The van der Waals surface area contributed by atoms with Crippen LogP contribution in [0.1, 0.15) is 56.5 Å². The van der Waals surface area contributed by atoms with Crippen LogP contribution in [0.15, 0.2) is 35.7 Å². The van der Waals surface area contributed by atoms with E-state index in [2.05, 4.69) is 41.3 Å². The first-order valence-electron chi connectivity index (χ1n) is 10.8. The van der Waals surface area contributed by atoms with Gasteiger partial charge in [0.15, 0.2) is 5.82 Å². The highest BCUT2D eigenvalue weighted by Gasteiger charge is 2.33. The average Bonchev–Trinajstić information content (AvgIpc) is 3.14. The molecule has 1 unspecified atom stereocenters. The van der Waals surface area contributed by atoms with Crippen molar-refractivity contribution in [2.24, 2.45) is 16.4 Å². The summed E-state index contributed by atoms with van der Waals surface area (Å²) in [4.78, 5) is 11.6. The minimum absolute atomic E-state index is 0.348. The van der Waals surface area contributed by atoms with Gasteiger partial charge in [0.05, 0.1) is 18.2 Å². The molecule has 0 saturated carbocycles. The summed E-state index contributed by atoms with van der Waals surface area (Å²) in [6.07, 6.45) is 8.13. The van der Waals surface area contributed by atoms with E-state index in [1.807, 2.05) is 48.7 Å². The number of nitrogens with zero attached hydrogens (tertiary/aromatic N) is 3. The third kappa shape index (κ3) is 4.19. The maximum absolute atomic E-state index is 5.49. The second-order valence-electron chi connectivity index (χ2n) is 8.56. The van der Waals surface area contributed by atoms with Crippen LogP contribution in [0.25, 0.3) is 10.2 Å². The Morgan fingerprint density at radius 3 is 2.77 bits per heavy atom. The molecule has 1 atom stereocenters. The number of hydrazone groups is 1. The van der Waals surface area contributed by atoms with Gasteiger partial charge in [-0.15, -0.1) is 11.3 Å². The summed E-state index contributed by atoms with van der Waals surface area (Å²) in [6, 6.07) is 7.91. The smallest absolute Gasteiger partial charge is 0.158 e. The van der Waals surface area contributed by atoms with Crippen molar-refractivity contribution in [3.05, 3.63) is 46.6 Å². The molecule has 1 aliphatic carbocycles. The maximum Gasteiger partial charge on any atom is 0.158 e. The van der Waals surface area contributed by atoms with Crippen LogP contribution in [0.3, 0.4) is 0 Å². The second kappa shape index (κ2) is 8.72. The van der Waals surface area contributed by atoms with Crippen molar-refractivity contribution in [2.45, 2.75) is 53.4 Å². The Hall–Kier alpha value is -2.47. The van der Waals surface area contributed by atoms with E-state index in [0.717, 1.165) is 40.2 Å². The first-order chi connectivity index (χ1) is 14.5. The minimum Gasteiger partial charge on any atom is -0.494 e. The van der Waals surface area contributed by atoms with Gasteiger partial charge in [0.2, 0.25) is 0 Å². The Labute approximate surface area is 182 Å². The number of anilines is 1. The zero-order valence-corrected chi connectivity index (χ0v) is 19.1. The van der Waals surface area contributed by atoms with Crippen LogP contribution in [0.2, 0.25) is 0 Å². The summed E-state index contributed by atoms with van der Waals surface area (Å²) in [5.41, 5.74) is 5.95. The van der Waals surface area contributed by atoms with Crippen LogP contribution in [0.5, 0.6) is 5.75 Å². The predicted molar refractivity (Wildman–Crippen MR) is 126 cm³/mol. The summed E-state index contributed by atoms with van der Waals surface area (Å²) in [7, 11) is 0. The van der Waals surface area contributed by atoms with Crippen LogP contribution >= 0.6 is 11.3 Å². The summed E-state index contributed by atoms with van der Waals surface area (Å²) in [5.74, 6) is 2.36. The quantitative estimate of drug-likeness (QED) is 0.370. The minimum atomic E-state index is 0.348. The fourth-order valence-corrected chi connectivity index (χ4v) is 5.32. The van der Waals surface area contributed by atoms with Crippen molar-refractivity contribution in [1.29, 1.82) is 0 Å². The molecule has 0 amide bonds. The first kappa shape index (κ1) is 20.8. The number of hydrogen-bond donors (Lipinski definition) is 1. The van der Waals surface area contributed by atoms with Crippen molar-refractivity contribution >= 4 is 33.6 Å². The van der Waals surface area contributed by atoms with Gasteiger partial charge in [-0.1, -0.05) is 27.2 Å². The lowest BCUT2D eigenvalue weighted by molar-refractivity contribution is 0.184. The molecule has 3 aromatic rings. The van der Waals surface area contributed by atoms with E-state index >= 15 is 0 Å². The molecule has 1 aliphatic rings. The largest absolute Gasteiger partial charge is 0.494 e. The highest BCUT2D eigenvalue weighted by molar-refractivity contribution is 7.19. The normalized spacial score (nSPS) is 16.7. The van der Waals surface area contributed by atoms with E-state index in [1.165, 1.54) is 23.3 Å². The van der Waals surface area contributed by atoms with Gasteiger partial charge in [0.25, 0.3) is 0 Å². The van der Waals surface area contributed by atoms with Gasteiger partial charge < -0.3 is 4.74 Å². The summed E-state index contributed by atoms with van der Waals surface area (Å²) in [5, 5.41) is 5.60. The fourth-order valence-electron chi connectivity index (χ4n) is 4.13. The van der Waals surface area contributed by atoms with E-state index < -0.39 is 0 Å². The topological polar surface area (TPSA) is 59.4 Å². The molecular weight excluding hydrogens is 392 g/mol. The molecular formula is C24H30N4OS. The number of fused-ring (bicyclic) bond motifs is 3. The van der Waals surface area contributed by atoms with Crippen LogP contribution in [0.4, 0.5) is 5.82 Å². The SMILES string of the molecule is CCOc1ccc(/C=N/Nc2ncnc3sc4c(c23)CC(C(C)(C)CC)CC4)cc1. The molecule has 0 spiro atoms. The highest BCUT2D eigenvalue weighted by atomic mass is 32.1. The van der Waals surface area contributed by atoms with Gasteiger partial charge >= 0.3 is 0 Å². The third-order valence-corrected chi connectivity index (χ3v) is 7.63. The molecule has 1 aromatic carbocycles. The zero-order chi connectivity index (χ0) is 21.1. The fraction of sp³-hybridized carbons (Fsp3) is 0.458. The first-order valence-corrected chi connectivity index (χ1v) is 11.6. The van der Waals surface area contributed by atoms with Gasteiger partial charge in [-0.3, -0.25) is 5.43 Å². The number of rotatable bonds is 7. The molecule has 4 rings (SSSR count). The molecule has 1 N–H and O–H groups in total. The van der Waals surface area contributed by atoms with Crippen molar-refractivity contribution in [3.63, 3.8) is 0 Å². The van der Waals surface area contributed by atoms with Crippen LogP contribution in [-0.2, 0) is 12.8 Å². The number of aromatic nitrogens is 2. The van der Waals surface area contributed by atoms with E-state index in [1.54, 1.807) is 6.33 Å². The van der Waals surface area contributed by atoms with E-state index in [4.69, 9.17) is 4.74 Å². The van der Waals surface area contributed by atoms with Crippen molar-refractivity contribution in [3.8, 4) is 5.75 Å². The molecule has 0 bridgehead atoms. The average molecular weight is 423 g/mol. The Morgan fingerprint density at radius 1 is 1.23 bits per heavy atom. The zero-order valence-electron chi connectivity index (χ0n) is 18.2. The molecule has 6 heteroatoms. The monoisotopic (exact) mass is 422 g/mol. The lowest BCUT2D eigenvalue weighted by Gasteiger charge is -2.36. The van der Waals surface area contributed by atoms with Crippen LogP contribution in [-0.4, -0.2) is 22.8 Å². The number of thiophene rings is 1. The van der Waals surface area contributed by atoms with Crippen LogP contribution < -0.4 is 10.2 Å². The molecule has 0 saturated heterocycles. The van der Waals surface area contributed by atoms with Crippen molar-refractivity contribution in [1.82, 2.24) is 9.97 Å². The number of nitrogens with one attached hydrogen (secondary N) is 1. The van der Waals surface area contributed by atoms with Gasteiger partial charge in [-0.25, -0.2) is 9.97 Å². The van der Waals surface area contributed by atoms with Crippen LogP contribution in [0, 0.1) is 11.3 Å². The Balaban J connectivity index is 1.57. The van der Waals surface area contributed by atoms with Crippen molar-refractivity contribution < 1.29 is 4.74 Å². The van der Waals surface area contributed by atoms with Gasteiger partial charge in [0, 0.05) is 4.88 Å². The Morgan fingerprint density at radius 2 is 2.03 bits per heavy atom. The van der Waals surface area contributed by atoms with Gasteiger partial charge in [-0.05, 0) is 72.9 Å². The third-order valence-electron chi connectivity index (χ3n) is 6.43. The molecule has 2 aromatic heterocycles. The molecule has 0 radical (unpaired) electrons. The van der Waals surface area contributed by atoms with E-state index in [0.29, 0.717) is 17.9 Å². The highest BCUT2D eigenvalue weighted by Crippen LogP contribution is 2.45. The number of benzene rings is 1. The number of aryl methyl sites for hydroxylation is 1. The predicted octanol–water partition coefficient (Wildman–Crippen LogP) is 6.08. The van der Waals surface area contributed by atoms with Gasteiger partial charge in [0.1, 0.15) is 16.9 Å². The summed E-state index contributed by atoms with van der Waals surface area (Å²) in [6.45, 7) is 9.74. The lowest BCUT2D eigenvalue weighted by atomic mass is 9.69. The summed E-state index contributed by atoms with van der Waals surface area (Å²) >= 11 is 1.81. The standard InChI is InChI=1S/C24H30N4OS/c1-5-24(3,4)17-9-12-20-19(13-17)21-22(25-15-26-23(21)30-20)28-27-14-16-7-10-18(11-8-16)29-6-2/h7-8,10-11,14-15,17H,5-6,9,12-13H2,1-4H3,(H,25,26,28)/b27-14+. The van der Waals surface area contributed by atoms with Gasteiger partial charge in [-0.2, -0.15) is 5.10 Å². The number of hydrogen-bond acceptors (Lipinski definition) is 6. The molecule has 30 heavy (non-hydrogen) atoms. The Bertz CT molecular complexity index is 1040. The van der Waals surface area contributed by atoms with E-state index in [-0.39, 0.29) is 0 Å². The van der Waals surface area contributed by atoms with Crippen molar-refractivity contribution in [2.75, 3.05) is 12.0 Å². The second-order valence-corrected chi connectivity index (χ2v) is 9.64. The number of ether oxygens (including phenoxy) is 1. The molecule has 5 nitrogen and oxygen atoms in total. The molecule has 2 heterocycles. The molecule has 158 valence electrons.